The largest absolute Gasteiger partial charge is 0.385 e. The van der Waals surface area contributed by atoms with Gasteiger partial charge in [-0.05, 0) is 0 Å². The number of hydrogen-bond donors (Lipinski definition) is 2. The first-order valence-electron chi connectivity index (χ1n) is 6.70. The van der Waals surface area contributed by atoms with Gasteiger partial charge in [0.05, 0.1) is 11.9 Å². The summed E-state index contributed by atoms with van der Waals surface area (Å²) < 4.78 is 4.63. The Bertz CT molecular complexity index is 597. The molecule has 0 unspecified atom stereocenters. The zero-order chi connectivity index (χ0) is 15.2. The van der Waals surface area contributed by atoms with E-state index < -0.39 is 0 Å². The summed E-state index contributed by atoms with van der Waals surface area (Å²) in [5.74, 6) is 1.08. The van der Waals surface area contributed by atoms with E-state index in [4.69, 9.17) is 0 Å². The third-order valence-electron chi connectivity index (χ3n) is 2.85. The predicted molar refractivity (Wildman–Crippen MR) is 76.0 cm³/mol. The van der Waals surface area contributed by atoms with Crippen molar-refractivity contribution in [3.05, 3.63) is 29.9 Å². The number of hydrogen-bond acceptors (Lipinski definition) is 7. The van der Waals surface area contributed by atoms with Crippen LogP contribution in [0.3, 0.4) is 0 Å². The molecule has 0 saturated heterocycles. The monoisotopic (exact) mass is 290 g/mol. The topological polar surface area (TPSA) is 106 Å². The Hall–Kier alpha value is -2.51. The van der Waals surface area contributed by atoms with Crippen LogP contribution in [-0.4, -0.2) is 39.6 Å². The Morgan fingerprint density at radius 2 is 2.19 bits per heavy atom. The first-order valence-corrected chi connectivity index (χ1v) is 6.70. The Morgan fingerprint density at radius 3 is 2.81 bits per heavy atom. The predicted octanol–water partition coefficient (Wildman–Crippen LogP) is 0.997. The average molecular weight is 290 g/mol. The molecule has 0 aliphatic carbocycles. The summed E-state index contributed by atoms with van der Waals surface area (Å²) in [4.78, 5) is 24.7. The SMILES string of the molecule is CNc1cnc(C(C)C)nc1C(=O)NCCc1ncon1. The fraction of sp³-hybridized carbons (Fsp3) is 0.462. The highest BCUT2D eigenvalue weighted by molar-refractivity contribution is 5.97. The lowest BCUT2D eigenvalue weighted by Crippen LogP contribution is -2.28. The summed E-state index contributed by atoms with van der Waals surface area (Å²) in [6.07, 6.45) is 3.38. The van der Waals surface area contributed by atoms with E-state index in [1.165, 1.54) is 6.39 Å². The highest BCUT2D eigenvalue weighted by Gasteiger charge is 2.15. The zero-order valence-corrected chi connectivity index (χ0v) is 12.3. The minimum Gasteiger partial charge on any atom is -0.385 e. The van der Waals surface area contributed by atoms with Gasteiger partial charge in [0.2, 0.25) is 6.39 Å². The van der Waals surface area contributed by atoms with Crippen LogP contribution in [0.25, 0.3) is 0 Å². The molecule has 8 nitrogen and oxygen atoms in total. The van der Waals surface area contributed by atoms with E-state index in [9.17, 15) is 4.79 Å². The molecule has 21 heavy (non-hydrogen) atoms. The van der Waals surface area contributed by atoms with Crippen LogP contribution < -0.4 is 10.6 Å². The van der Waals surface area contributed by atoms with Crippen LogP contribution in [-0.2, 0) is 6.42 Å². The molecule has 8 heteroatoms. The molecule has 2 aromatic heterocycles. The van der Waals surface area contributed by atoms with Gasteiger partial charge in [-0.2, -0.15) is 4.98 Å². The molecule has 0 aliphatic heterocycles. The summed E-state index contributed by atoms with van der Waals surface area (Å²) in [5, 5.41) is 9.39. The number of rotatable bonds is 6. The van der Waals surface area contributed by atoms with Crippen molar-refractivity contribution < 1.29 is 9.32 Å². The second kappa shape index (κ2) is 6.78. The van der Waals surface area contributed by atoms with Crippen molar-refractivity contribution in [2.24, 2.45) is 0 Å². The van der Waals surface area contributed by atoms with Crippen LogP contribution in [0.2, 0.25) is 0 Å². The van der Waals surface area contributed by atoms with Crippen molar-refractivity contribution in [1.82, 2.24) is 25.4 Å². The quantitative estimate of drug-likeness (QED) is 0.817. The van der Waals surface area contributed by atoms with Gasteiger partial charge in [-0.3, -0.25) is 4.79 Å². The smallest absolute Gasteiger partial charge is 0.272 e. The van der Waals surface area contributed by atoms with Crippen molar-refractivity contribution in [3.63, 3.8) is 0 Å². The number of nitrogens with zero attached hydrogens (tertiary/aromatic N) is 4. The van der Waals surface area contributed by atoms with Gasteiger partial charge < -0.3 is 15.2 Å². The van der Waals surface area contributed by atoms with Gasteiger partial charge in [0, 0.05) is 25.9 Å². The first kappa shape index (κ1) is 14.9. The third kappa shape index (κ3) is 3.74. The highest BCUT2D eigenvalue weighted by atomic mass is 16.5. The van der Waals surface area contributed by atoms with Gasteiger partial charge in [0.25, 0.3) is 5.91 Å². The lowest BCUT2D eigenvalue weighted by atomic mass is 10.2. The third-order valence-corrected chi connectivity index (χ3v) is 2.85. The number of amides is 1. The average Bonchev–Trinajstić information content (AvgIpc) is 2.99. The minimum atomic E-state index is -0.257. The molecule has 2 N–H and O–H groups in total. The van der Waals surface area contributed by atoms with Crippen molar-refractivity contribution in [1.29, 1.82) is 0 Å². The maximum Gasteiger partial charge on any atom is 0.272 e. The number of carbonyl (C=O) groups is 1. The highest BCUT2D eigenvalue weighted by Crippen LogP contribution is 2.15. The Kier molecular flexibility index (Phi) is 4.81. The molecule has 1 amide bonds. The summed E-state index contributed by atoms with van der Waals surface area (Å²) in [7, 11) is 1.73. The molecule has 2 heterocycles. The Balaban J connectivity index is 2.04. The molecule has 0 fully saturated rings. The van der Waals surface area contributed by atoms with E-state index in [2.05, 4.69) is 35.3 Å². The van der Waals surface area contributed by atoms with E-state index >= 15 is 0 Å². The van der Waals surface area contributed by atoms with Crippen molar-refractivity contribution in [2.45, 2.75) is 26.2 Å². The Morgan fingerprint density at radius 1 is 1.38 bits per heavy atom. The van der Waals surface area contributed by atoms with Gasteiger partial charge in [0.1, 0.15) is 5.82 Å². The number of nitrogens with one attached hydrogen (secondary N) is 2. The van der Waals surface area contributed by atoms with Crippen LogP contribution >= 0.6 is 0 Å². The molecule has 0 aromatic carbocycles. The van der Waals surface area contributed by atoms with E-state index in [1.807, 2.05) is 13.8 Å². The second-order valence-electron chi connectivity index (χ2n) is 4.75. The standard InChI is InChI=1S/C13H18N6O2/c1-8(2)12-16-6-9(14-3)11(18-12)13(20)15-5-4-10-17-7-21-19-10/h6-8,14H,4-5H2,1-3H3,(H,15,20). The van der Waals surface area contributed by atoms with Crippen LogP contribution in [0.15, 0.2) is 17.1 Å². The maximum absolute atomic E-state index is 12.2. The van der Waals surface area contributed by atoms with E-state index in [1.54, 1.807) is 13.2 Å². The maximum atomic E-state index is 12.2. The van der Waals surface area contributed by atoms with Crippen LogP contribution in [0.4, 0.5) is 5.69 Å². The molecule has 0 saturated carbocycles. The molecular formula is C13H18N6O2. The number of aromatic nitrogens is 4. The zero-order valence-electron chi connectivity index (χ0n) is 12.3. The first-order chi connectivity index (χ1) is 10.1. The van der Waals surface area contributed by atoms with Gasteiger partial charge in [0.15, 0.2) is 11.5 Å². The Labute approximate surface area is 122 Å². The van der Waals surface area contributed by atoms with Gasteiger partial charge >= 0.3 is 0 Å². The summed E-state index contributed by atoms with van der Waals surface area (Å²) in [5.41, 5.74) is 0.931. The summed E-state index contributed by atoms with van der Waals surface area (Å²) in [6.45, 7) is 4.36. The molecule has 0 radical (unpaired) electrons. The molecule has 112 valence electrons. The van der Waals surface area contributed by atoms with Crippen molar-refractivity contribution in [3.8, 4) is 0 Å². The fourth-order valence-electron chi connectivity index (χ4n) is 1.70. The molecule has 2 rings (SSSR count). The van der Waals surface area contributed by atoms with E-state index in [-0.39, 0.29) is 11.8 Å². The van der Waals surface area contributed by atoms with Crippen LogP contribution in [0, 0.1) is 0 Å². The fourth-order valence-corrected chi connectivity index (χ4v) is 1.70. The summed E-state index contributed by atoms with van der Waals surface area (Å²) >= 11 is 0. The van der Waals surface area contributed by atoms with Crippen LogP contribution in [0.1, 0.15) is 41.9 Å². The van der Waals surface area contributed by atoms with Crippen molar-refractivity contribution >= 4 is 11.6 Å². The van der Waals surface area contributed by atoms with Gasteiger partial charge in [-0.25, -0.2) is 9.97 Å². The minimum absolute atomic E-state index is 0.154. The molecule has 0 aliphatic rings. The lowest BCUT2D eigenvalue weighted by Gasteiger charge is -2.11. The van der Waals surface area contributed by atoms with E-state index in [0.717, 1.165) is 0 Å². The second-order valence-corrected chi connectivity index (χ2v) is 4.75. The number of carbonyl (C=O) groups excluding carboxylic acids is 1. The van der Waals surface area contributed by atoms with Crippen LogP contribution in [0.5, 0.6) is 0 Å². The van der Waals surface area contributed by atoms with Crippen molar-refractivity contribution in [2.75, 3.05) is 18.9 Å². The summed E-state index contributed by atoms with van der Waals surface area (Å²) in [6, 6.07) is 0. The molecule has 2 aromatic rings. The van der Waals surface area contributed by atoms with Gasteiger partial charge in [-0.15, -0.1) is 0 Å². The molecule has 0 spiro atoms. The number of anilines is 1. The normalized spacial score (nSPS) is 10.7. The van der Waals surface area contributed by atoms with E-state index in [0.29, 0.717) is 36.0 Å². The molecule has 0 bridgehead atoms. The lowest BCUT2D eigenvalue weighted by molar-refractivity contribution is 0.0949. The molecule has 0 atom stereocenters. The molecular weight excluding hydrogens is 272 g/mol. The van der Waals surface area contributed by atoms with Gasteiger partial charge in [-0.1, -0.05) is 19.0 Å².